The van der Waals surface area contributed by atoms with Gasteiger partial charge in [0.2, 0.25) is 0 Å². The maximum atomic E-state index is 12.4. The maximum Gasteiger partial charge on any atom is 0.181 e. The monoisotopic (exact) mass is 179 g/mol. The molecule has 0 heterocycles. The van der Waals surface area contributed by atoms with Crippen molar-refractivity contribution >= 4 is 17.3 Å². The van der Waals surface area contributed by atoms with E-state index in [2.05, 4.69) is 0 Å². The Bertz CT molecular complexity index is 277. The highest BCUT2D eigenvalue weighted by atomic mass is 35.5. The smallest absolute Gasteiger partial charge is 0.181 e. The van der Waals surface area contributed by atoms with Crippen LogP contribution in [0.1, 0.15) is 0 Å². The summed E-state index contributed by atoms with van der Waals surface area (Å²) in [5.74, 6) is -3.10. The van der Waals surface area contributed by atoms with E-state index in [1.807, 2.05) is 0 Å². The number of nitrogen functional groups attached to an aromatic ring is 1. The second-order valence-electron chi connectivity index (χ2n) is 1.92. The molecule has 0 saturated carbocycles. The molecule has 0 bridgehead atoms. The average Bonchev–Trinajstić information content (AvgIpc) is 1.97. The molecule has 2 nitrogen and oxygen atoms in total. The van der Waals surface area contributed by atoms with Gasteiger partial charge in [-0.2, -0.15) is 0 Å². The number of benzene rings is 1. The van der Waals surface area contributed by atoms with Gasteiger partial charge < -0.3 is 10.8 Å². The van der Waals surface area contributed by atoms with Crippen LogP contribution in [0, 0.1) is 11.6 Å². The Labute approximate surface area is 66.2 Å². The predicted molar refractivity (Wildman–Crippen MR) is 37.4 cm³/mol. The highest BCUT2D eigenvalue weighted by Crippen LogP contribution is 2.33. The van der Waals surface area contributed by atoms with Crippen molar-refractivity contribution in [2.24, 2.45) is 0 Å². The van der Waals surface area contributed by atoms with Crippen LogP contribution in [0.15, 0.2) is 6.07 Å². The average molecular weight is 180 g/mol. The topological polar surface area (TPSA) is 46.2 Å². The lowest BCUT2D eigenvalue weighted by molar-refractivity contribution is 0.458. The van der Waals surface area contributed by atoms with Crippen LogP contribution < -0.4 is 5.73 Å². The van der Waals surface area contributed by atoms with Crippen LogP contribution in [0.25, 0.3) is 0 Å². The molecule has 0 atom stereocenters. The maximum absolute atomic E-state index is 12.4. The summed E-state index contributed by atoms with van der Waals surface area (Å²) in [7, 11) is 0. The van der Waals surface area contributed by atoms with Crippen molar-refractivity contribution in [2.45, 2.75) is 0 Å². The van der Waals surface area contributed by atoms with Crippen LogP contribution in [-0.2, 0) is 0 Å². The number of rotatable bonds is 0. The van der Waals surface area contributed by atoms with Crippen molar-refractivity contribution in [3.8, 4) is 5.75 Å². The summed E-state index contributed by atoms with van der Waals surface area (Å²) in [5.41, 5.74) is 4.77. The first-order chi connectivity index (χ1) is 5.04. The van der Waals surface area contributed by atoms with Crippen LogP contribution in [-0.4, -0.2) is 5.11 Å². The summed E-state index contributed by atoms with van der Waals surface area (Å²) in [6.07, 6.45) is 0. The largest absolute Gasteiger partial charge is 0.504 e. The first-order valence-corrected chi connectivity index (χ1v) is 3.03. The fraction of sp³-hybridized carbons (Fsp3) is 0. The van der Waals surface area contributed by atoms with E-state index in [1.54, 1.807) is 0 Å². The molecule has 5 heteroatoms. The first kappa shape index (κ1) is 8.07. The third kappa shape index (κ3) is 1.21. The lowest BCUT2D eigenvalue weighted by atomic mass is 10.3. The van der Waals surface area contributed by atoms with E-state index in [0.29, 0.717) is 6.07 Å². The minimum absolute atomic E-state index is 0.283. The normalized spacial score (nSPS) is 10.1. The van der Waals surface area contributed by atoms with Gasteiger partial charge in [0, 0.05) is 6.07 Å². The van der Waals surface area contributed by atoms with Crippen LogP contribution in [0.2, 0.25) is 5.02 Å². The van der Waals surface area contributed by atoms with Gasteiger partial charge in [0.25, 0.3) is 0 Å². The van der Waals surface area contributed by atoms with Crippen molar-refractivity contribution in [3.05, 3.63) is 22.7 Å². The second kappa shape index (κ2) is 2.54. The molecule has 0 radical (unpaired) electrons. The number of halogens is 3. The standard InChI is InChI=1S/C6H4ClF2NO/c7-4-5(9)2(8)1-3(10)6(4)11/h1,11H,10H2. The van der Waals surface area contributed by atoms with Crippen LogP contribution in [0.4, 0.5) is 14.5 Å². The molecular formula is C6H4ClF2NO. The van der Waals surface area contributed by atoms with Gasteiger partial charge in [0.15, 0.2) is 17.4 Å². The minimum Gasteiger partial charge on any atom is -0.504 e. The van der Waals surface area contributed by atoms with E-state index >= 15 is 0 Å². The fourth-order valence-electron chi connectivity index (χ4n) is 0.604. The highest BCUT2D eigenvalue weighted by molar-refractivity contribution is 6.32. The summed E-state index contributed by atoms with van der Waals surface area (Å²) in [6, 6.07) is 0.663. The molecule has 3 N–H and O–H groups in total. The Morgan fingerprint density at radius 3 is 2.55 bits per heavy atom. The van der Waals surface area contributed by atoms with Gasteiger partial charge >= 0.3 is 0 Å². The molecule has 0 fully saturated rings. The number of phenols is 1. The molecule has 0 unspecified atom stereocenters. The zero-order valence-electron chi connectivity index (χ0n) is 5.24. The Hall–Kier alpha value is -1.03. The molecule has 0 amide bonds. The van der Waals surface area contributed by atoms with E-state index in [4.69, 9.17) is 22.4 Å². The summed E-state index contributed by atoms with van der Waals surface area (Å²) in [5, 5.41) is 8.16. The van der Waals surface area contributed by atoms with Gasteiger partial charge in [-0.1, -0.05) is 11.6 Å². The molecule has 0 aliphatic rings. The molecular weight excluding hydrogens is 176 g/mol. The number of phenolic OH excluding ortho intramolecular Hbond substituents is 1. The second-order valence-corrected chi connectivity index (χ2v) is 2.30. The molecule has 0 aromatic heterocycles. The quantitative estimate of drug-likeness (QED) is 0.363. The summed E-state index contributed by atoms with van der Waals surface area (Å²) >= 11 is 5.14. The third-order valence-corrected chi connectivity index (χ3v) is 1.51. The van der Waals surface area contributed by atoms with Crippen molar-refractivity contribution in [2.75, 3.05) is 5.73 Å². The highest BCUT2D eigenvalue weighted by Gasteiger charge is 2.13. The van der Waals surface area contributed by atoms with Crippen LogP contribution in [0.3, 0.4) is 0 Å². The first-order valence-electron chi connectivity index (χ1n) is 2.66. The SMILES string of the molecule is Nc1cc(F)c(F)c(Cl)c1O. The van der Waals surface area contributed by atoms with Crippen LogP contribution >= 0.6 is 11.6 Å². The van der Waals surface area contributed by atoms with Gasteiger partial charge in [-0.05, 0) is 0 Å². The van der Waals surface area contributed by atoms with Crippen molar-refractivity contribution in [1.82, 2.24) is 0 Å². The zero-order valence-corrected chi connectivity index (χ0v) is 5.99. The molecule has 0 spiro atoms. The van der Waals surface area contributed by atoms with E-state index in [1.165, 1.54) is 0 Å². The fourth-order valence-corrected chi connectivity index (χ4v) is 0.803. The van der Waals surface area contributed by atoms with Gasteiger partial charge in [-0.3, -0.25) is 0 Å². The molecule has 11 heavy (non-hydrogen) atoms. The summed E-state index contributed by atoms with van der Waals surface area (Å²) in [6.45, 7) is 0. The Kier molecular flexibility index (Phi) is 1.87. The molecule has 0 aliphatic carbocycles. The van der Waals surface area contributed by atoms with Crippen molar-refractivity contribution in [3.63, 3.8) is 0 Å². The molecule has 0 aliphatic heterocycles. The number of aromatic hydroxyl groups is 1. The lowest BCUT2D eigenvalue weighted by Gasteiger charge is -2.01. The van der Waals surface area contributed by atoms with Crippen LogP contribution in [0.5, 0.6) is 5.75 Å². The predicted octanol–water partition coefficient (Wildman–Crippen LogP) is 1.91. The van der Waals surface area contributed by atoms with E-state index in [9.17, 15) is 8.78 Å². The Balaban J connectivity index is 3.46. The molecule has 1 aromatic rings. The van der Waals surface area contributed by atoms with Gasteiger partial charge in [-0.15, -0.1) is 0 Å². The molecule has 0 saturated heterocycles. The number of anilines is 1. The van der Waals surface area contributed by atoms with Crippen molar-refractivity contribution in [1.29, 1.82) is 0 Å². The number of hydrogen-bond acceptors (Lipinski definition) is 2. The van der Waals surface area contributed by atoms with Gasteiger partial charge in [-0.25, -0.2) is 8.78 Å². The summed E-state index contributed by atoms with van der Waals surface area (Å²) < 4.78 is 24.8. The number of hydrogen-bond donors (Lipinski definition) is 2. The molecule has 1 rings (SSSR count). The molecule has 1 aromatic carbocycles. The van der Waals surface area contributed by atoms with Crippen molar-refractivity contribution < 1.29 is 13.9 Å². The Morgan fingerprint density at radius 1 is 1.45 bits per heavy atom. The molecule has 60 valence electrons. The van der Waals surface area contributed by atoms with E-state index in [-0.39, 0.29) is 5.69 Å². The van der Waals surface area contributed by atoms with E-state index in [0.717, 1.165) is 0 Å². The lowest BCUT2D eigenvalue weighted by Crippen LogP contribution is -1.92. The van der Waals surface area contributed by atoms with Gasteiger partial charge in [0.1, 0.15) is 5.02 Å². The van der Waals surface area contributed by atoms with E-state index < -0.39 is 22.4 Å². The number of nitrogens with two attached hydrogens (primary N) is 1. The summed E-state index contributed by atoms with van der Waals surface area (Å²) in [4.78, 5) is 0. The Morgan fingerprint density at radius 2 is 2.00 bits per heavy atom. The zero-order chi connectivity index (χ0) is 8.59. The van der Waals surface area contributed by atoms with Gasteiger partial charge in [0.05, 0.1) is 5.69 Å². The third-order valence-electron chi connectivity index (χ3n) is 1.17. The minimum atomic E-state index is -1.29.